The monoisotopic (exact) mass is 774 g/mol. The van der Waals surface area contributed by atoms with E-state index in [0.717, 1.165) is 47.9 Å². The first kappa shape index (κ1) is 37.3. The first-order valence-electron chi connectivity index (χ1n) is 18.8. The number of rotatable bonds is 14. The Morgan fingerprint density at radius 3 is 1.22 bits per heavy atom. The van der Waals surface area contributed by atoms with Gasteiger partial charge in [0.05, 0.1) is 12.2 Å². The second kappa shape index (κ2) is 15.5. The molecule has 0 aromatic heterocycles. The van der Waals surface area contributed by atoms with E-state index in [2.05, 4.69) is 38.1 Å². The molecule has 6 aromatic rings. The predicted octanol–water partition coefficient (Wildman–Crippen LogP) is 14.4. The molecule has 55 heavy (non-hydrogen) atoms. The lowest BCUT2D eigenvalue weighted by Gasteiger charge is -2.46. The molecule has 0 radical (unpaired) electrons. The molecule has 2 fully saturated rings. The van der Waals surface area contributed by atoms with Gasteiger partial charge in [0.2, 0.25) is 0 Å². The fraction of sp³-hybridized carbons (Fsp3) is 0.250. The van der Waals surface area contributed by atoms with Crippen LogP contribution < -0.4 is 9.47 Å². The zero-order valence-corrected chi connectivity index (χ0v) is 32.2. The molecule has 0 aliphatic heterocycles. The molecule has 0 saturated heterocycles. The van der Waals surface area contributed by atoms with Crippen molar-refractivity contribution in [3.05, 3.63) is 190 Å². The zero-order valence-electron chi connectivity index (χ0n) is 30.7. The number of hydrogen-bond acceptors (Lipinski definition) is 3. The molecule has 2 saturated carbocycles. The van der Waals surface area contributed by atoms with Gasteiger partial charge >= 0.3 is 0 Å². The van der Waals surface area contributed by atoms with E-state index in [1.165, 1.54) is 12.1 Å². The van der Waals surface area contributed by atoms with Crippen LogP contribution in [0.2, 0.25) is 10.0 Å². The van der Waals surface area contributed by atoms with Crippen molar-refractivity contribution in [2.24, 2.45) is 11.8 Å². The van der Waals surface area contributed by atoms with Gasteiger partial charge in [-0.2, -0.15) is 0 Å². The van der Waals surface area contributed by atoms with Gasteiger partial charge in [-0.1, -0.05) is 110 Å². The lowest BCUT2D eigenvalue weighted by Crippen LogP contribution is -2.41. The Hall–Kier alpha value is -4.68. The molecule has 6 aromatic carbocycles. The lowest BCUT2D eigenvalue weighted by molar-refractivity contribution is -0.0982. The maximum atomic E-state index is 15.7. The molecule has 7 heteroatoms. The van der Waals surface area contributed by atoms with Gasteiger partial charge in [-0.3, -0.25) is 0 Å². The van der Waals surface area contributed by atoms with Crippen molar-refractivity contribution >= 4 is 23.2 Å². The van der Waals surface area contributed by atoms with Gasteiger partial charge in [0.15, 0.2) is 23.1 Å². The zero-order chi connectivity index (χ0) is 38.2. The molecule has 0 N–H and O–H groups in total. The first-order chi connectivity index (χ1) is 26.6. The van der Waals surface area contributed by atoms with Crippen LogP contribution >= 0.6 is 23.2 Å². The summed E-state index contributed by atoms with van der Waals surface area (Å²) in [5.74, 6) is 0.819. The van der Waals surface area contributed by atoms with E-state index < -0.39 is 34.7 Å². The molecule has 4 atom stereocenters. The van der Waals surface area contributed by atoms with Crippen LogP contribution in [0.15, 0.2) is 146 Å². The number of ether oxygens (including phenoxy) is 3. The van der Waals surface area contributed by atoms with Crippen molar-refractivity contribution < 1.29 is 23.0 Å². The van der Waals surface area contributed by atoms with Crippen molar-refractivity contribution in [3.8, 4) is 23.0 Å². The number of benzene rings is 6. The Morgan fingerprint density at radius 1 is 0.509 bits per heavy atom. The molecule has 0 heterocycles. The summed E-state index contributed by atoms with van der Waals surface area (Å²) < 4.78 is 51.4. The van der Waals surface area contributed by atoms with Gasteiger partial charge in [0.1, 0.15) is 11.5 Å². The summed E-state index contributed by atoms with van der Waals surface area (Å²) in [6.45, 7) is 4.48. The third kappa shape index (κ3) is 7.76. The average Bonchev–Trinajstić information content (AvgIpc) is 4.13. The lowest BCUT2D eigenvalue weighted by atomic mass is 9.68. The predicted molar refractivity (Wildman–Crippen MR) is 215 cm³/mol. The second-order valence-electron chi connectivity index (χ2n) is 15.2. The molecular weight excluding hydrogens is 733 g/mol. The summed E-state index contributed by atoms with van der Waals surface area (Å²) >= 11 is 12.9. The molecule has 3 nitrogen and oxygen atoms in total. The van der Waals surface area contributed by atoms with Crippen LogP contribution in [0.1, 0.15) is 74.0 Å². The summed E-state index contributed by atoms with van der Waals surface area (Å²) in [6.07, 6.45) is 2.78. The third-order valence-electron chi connectivity index (χ3n) is 11.6. The van der Waals surface area contributed by atoms with E-state index in [0.29, 0.717) is 21.5 Å². The van der Waals surface area contributed by atoms with Crippen molar-refractivity contribution in [2.45, 2.75) is 62.6 Å². The molecule has 0 amide bonds. The Kier molecular flexibility index (Phi) is 10.5. The number of halogens is 4. The van der Waals surface area contributed by atoms with Gasteiger partial charge < -0.3 is 14.2 Å². The Morgan fingerprint density at radius 2 is 0.873 bits per heavy atom. The van der Waals surface area contributed by atoms with E-state index >= 15 is 8.78 Å². The molecule has 280 valence electrons. The van der Waals surface area contributed by atoms with Crippen LogP contribution in [0, 0.1) is 23.5 Å². The van der Waals surface area contributed by atoms with Gasteiger partial charge in [0, 0.05) is 20.9 Å². The molecule has 0 bridgehead atoms. The minimum Gasteiger partial charge on any atom is -0.454 e. The van der Waals surface area contributed by atoms with Crippen LogP contribution in [-0.4, -0.2) is 0 Å². The number of hydrogen-bond donors (Lipinski definition) is 0. The summed E-state index contributed by atoms with van der Waals surface area (Å²) in [7, 11) is 0. The third-order valence-corrected chi connectivity index (χ3v) is 12.1. The average molecular weight is 776 g/mol. The molecule has 4 unspecified atom stereocenters. The highest BCUT2D eigenvalue weighted by Gasteiger charge is 2.54. The van der Waals surface area contributed by atoms with Gasteiger partial charge in [0.25, 0.3) is 0 Å². The van der Waals surface area contributed by atoms with Crippen molar-refractivity contribution in [1.29, 1.82) is 0 Å². The largest absolute Gasteiger partial charge is 0.454 e. The van der Waals surface area contributed by atoms with E-state index in [4.69, 9.17) is 37.4 Å². The summed E-state index contributed by atoms with van der Waals surface area (Å²) in [5, 5.41) is 1.28. The molecule has 2 aliphatic carbocycles. The van der Waals surface area contributed by atoms with E-state index in [1.54, 1.807) is 48.5 Å². The summed E-state index contributed by atoms with van der Waals surface area (Å²) in [6, 6.07) is 44.4. The van der Waals surface area contributed by atoms with Crippen LogP contribution in [0.3, 0.4) is 0 Å². The highest BCUT2D eigenvalue weighted by Crippen LogP contribution is 2.61. The van der Waals surface area contributed by atoms with Crippen molar-refractivity contribution in [1.82, 2.24) is 0 Å². The summed E-state index contributed by atoms with van der Waals surface area (Å²) in [4.78, 5) is 0. The molecule has 8 rings (SSSR count). The van der Waals surface area contributed by atoms with Crippen molar-refractivity contribution in [2.75, 3.05) is 0 Å². The minimum atomic E-state index is -0.612. The number of para-hydroxylation sites is 2. The Labute approximate surface area is 331 Å². The Balaban J connectivity index is 1.32. The second-order valence-corrected chi connectivity index (χ2v) is 16.1. The van der Waals surface area contributed by atoms with Crippen LogP contribution in [0.5, 0.6) is 23.0 Å². The molecular formula is C48H42Cl2F2O3. The van der Waals surface area contributed by atoms with Crippen LogP contribution in [-0.2, 0) is 15.6 Å². The van der Waals surface area contributed by atoms with Crippen LogP contribution in [0.4, 0.5) is 8.78 Å². The highest BCUT2D eigenvalue weighted by molar-refractivity contribution is 6.30. The fourth-order valence-electron chi connectivity index (χ4n) is 8.21. The molecule has 0 spiro atoms. The van der Waals surface area contributed by atoms with E-state index in [-0.39, 0.29) is 23.3 Å². The topological polar surface area (TPSA) is 27.7 Å². The maximum absolute atomic E-state index is 15.7. The van der Waals surface area contributed by atoms with E-state index in [9.17, 15) is 0 Å². The fourth-order valence-corrected chi connectivity index (χ4v) is 8.46. The van der Waals surface area contributed by atoms with Crippen LogP contribution in [0.25, 0.3) is 0 Å². The van der Waals surface area contributed by atoms with Crippen molar-refractivity contribution in [3.63, 3.8) is 0 Å². The SMILES string of the molecule is CC(c1ccc(Cl)cc1)(C1CC1)C(OC(c1ccc(F)c(Oc2ccccc2)c1)C(C)(c1ccc(Cl)cc1)C1CC1)c1ccc(F)c(Oc2ccccc2)c1. The standard InChI is InChI=1S/C48H42Cl2F2O3/c1-47(33-15-16-33,35-19-23-37(49)24-20-35)45(31-13-27-41(51)43(29-31)53-39-9-5-3-6-10-39)55-46(48(2,34-17-18-34)36-21-25-38(50)26-22-36)32-14-28-42(52)44(30-32)54-40-11-7-4-8-12-40/h3-14,19-30,33-34,45-46H,15-18H2,1-2H3. The van der Waals surface area contributed by atoms with E-state index in [1.807, 2.05) is 60.7 Å². The maximum Gasteiger partial charge on any atom is 0.165 e. The van der Waals surface area contributed by atoms with Gasteiger partial charge in [-0.25, -0.2) is 8.78 Å². The molecule has 2 aliphatic rings. The quantitative estimate of drug-likeness (QED) is 0.110. The highest BCUT2D eigenvalue weighted by atomic mass is 35.5. The smallest absolute Gasteiger partial charge is 0.165 e. The normalized spacial score (nSPS) is 17.4. The Bertz CT molecular complexity index is 2080. The minimum absolute atomic E-state index is 0.103. The first-order valence-corrected chi connectivity index (χ1v) is 19.6. The van der Waals surface area contributed by atoms with Gasteiger partial charge in [-0.05, 0) is 133 Å². The summed E-state index contributed by atoms with van der Waals surface area (Å²) in [5.41, 5.74) is 2.48. The van der Waals surface area contributed by atoms with Gasteiger partial charge in [-0.15, -0.1) is 0 Å².